The van der Waals surface area contributed by atoms with Crippen molar-refractivity contribution in [2.45, 2.75) is 52.6 Å². The quantitative estimate of drug-likeness (QED) is 0.572. The average Bonchev–Trinajstić information content (AvgIpc) is 2.17. The molecule has 0 heterocycles. The van der Waals surface area contributed by atoms with Crippen molar-refractivity contribution < 1.29 is 0 Å². The van der Waals surface area contributed by atoms with Crippen molar-refractivity contribution in [2.75, 3.05) is 26.2 Å². The van der Waals surface area contributed by atoms with Gasteiger partial charge in [-0.3, -0.25) is 4.90 Å². The molecule has 2 atom stereocenters. The molecule has 0 radical (unpaired) electrons. The Kier molecular flexibility index (Phi) is 9.06. The van der Waals surface area contributed by atoms with E-state index < -0.39 is 0 Å². The van der Waals surface area contributed by atoms with Gasteiger partial charge in [0.15, 0.2) is 0 Å². The van der Waals surface area contributed by atoms with Gasteiger partial charge in [-0.1, -0.05) is 13.8 Å². The summed E-state index contributed by atoms with van der Waals surface area (Å²) in [6.45, 7) is 13.1. The van der Waals surface area contributed by atoms with Gasteiger partial charge in [-0.05, 0) is 39.8 Å². The van der Waals surface area contributed by atoms with E-state index in [9.17, 15) is 0 Å². The standard InChI is InChI=1S/C12H29N3/c1-5-7-14-9-12(4)15(8-6-2)10-11(3)13/h11-12,14H,5-10,13H2,1-4H3. The molecule has 0 aliphatic heterocycles. The summed E-state index contributed by atoms with van der Waals surface area (Å²) in [6, 6.07) is 0.854. The van der Waals surface area contributed by atoms with Crippen molar-refractivity contribution in [2.24, 2.45) is 5.73 Å². The first kappa shape index (κ1) is 14.9. The third-order valence-electron chi connectivity index (χ3n) is 2.52. The van der Waals surface area contributed by atoms with Crippen LogP contribution in [0.3, 0.4) is 0 Å². The minimum Gasteiger partial charge on any atom is -0.327 e. The molecule has 0 aliphatic rings. The second kappa shape index (κ2) is 9.13. The Labute approximate surface area is 95.4 Å². The third-order valence-corrected chi connectivity index (χ3v) is 2.52. The monoisotopic (exact) mass is 215 g/mol. The van der Waals surface area contributed by atoms with E-state index >= 15 is 0 Å². The number of hydrogen-bond donors (Lipinski definition) is 2. The highest BCUT2D eigenvalue weighted by Crippen LogP contribution is 2.00. The molecule has 0 aromatic rings. The van der Waals surface area contributed by atoms with Gasteiger partial charge in [0.05, 0.1) is 0 Å². The Hall–Kier alpha value is -0.120. The van der Waals surface area contributed by atoms with Crippen LogP contribution < -0.4 is 11.1 Å². The highest BCUT2D eigenvalue weighted by Gasteiger charge is 2.13. The van der Waals surface area contributed by atoms with Gasteiger partial charge < -0.3 is 11.1 Å². The fraction of sp³-hybridized carbons (Fsp3) is 1.00. The summed E-state index contributed by atoms with van der Waals surface area (Å²) >= 11 is 0. The molecule has 0 fully saturated rings. The van der Waals surface area contributed by atoms with Gasteiger partial charge in [-0.2, -0.15) is 0 Å². The molecular formula is C12H29N3. The van der Waals surface area contributed by atoms with E-state index in [4.69, 9.17) is 5.73 Å². The zero-order valence-electron chi connectivity index (χ0n) is 10.9. The molecule has 0 bridgehead atoms. The van der Waals surface area contributed by atoms with Crippen LogP contribution in [0.15, 0.2) is 0 Å². The Morgan fingerprint density at radius 2 is 1.87 bits per heavy atom. The number of rotatable bonds is 9. The maximum Gasteiger partial charge on any atom is 0.0193 e. The van der Waals surface area contributed by atoms with Gasteiger partial charge in [0.1, 0.15) is 0 Å². The first-order valence-electron chi connectivity index (χ1n) is 6.32. The lowest BCUT2D eigenvalue weighted by Crippen LogP contribution is -2.45. The first-order valence-corrected chi connectivity index (χ1v) is 6.32. The molecule has 0 rings (SSSR count). The SMILES string of the molecule is CCCNCC(C)N(CCC)CC(C)N. The van der Waals surface area contributed by atoms with Crippen molar-refractivity contribution >= 4 is 0 Å². The molecule has 0 aromatic heterocycles. The van der Waals surface area contributed by atoms with Gasteiger partial charge in [-0.25, -0.2) is 0 Å². The van der Waals surface area contributed by atoms with Crippen LogP contribution in [0.1, 0.15) is 40.5 Å². The van der Waals surface area contributed by atoms with E-state index in [-0.39, 0.29) is 6.04 Å². The van der Waals surface area contributed by atoms with Gasteiger partial charge in [0.25, 0.3) is 0 Å². The predicted molar refractivity (Wildman–Crippen MR) is 68.1 cm³/mol. The van der Waals surface area contributed by atoms with E-state index in [1.807, 2.05) is 0 Å². The van der Waals surface area contributed by atoms with E-state index in [0.717, 1.165) is 26.2 Å². The van der Waals surface area contributed by atoms with Crippen LogP contribution in [0, 0.1) is 0 Å². The van der Waals surface area contributed by atoms with Crippen molar-refractivity contribution in [3.8, 4) is 0 Å². The van der Waals surface area contributed by atoms with E-state index in [1.54, 1.807) is 0 Å². The van der Waals surface area contributed by atoms with Gasteiger partial charge in [0, 0.05) is 25.2 Å². The molecule has 3 nitrogen and oxygen atoms in total. The van der Waals surface area contributed by atoms with E-state index in [2.05, 4.69) is 37.9 Å². The van der Waals surface area contributed by atoms with Crippen LogP contribution in [0.2, 0.25) is 0 Å². The largest absolute Gasteiger partial charge is 0.327 e. The fourth-order valence-electron chi connectivity index (χ4n) is 1.77. The lowest BCUT2D eigenvalue weighted by Gasteiger charge is -2.30. The van der Waals surface area contributed by atoms with Crippen molar-refractivity contribution in [3.63, 3.8) is 0 Å². The van der Waals surface area contributed by atoms with Gasteiger partial charge in [-0.15, -0.1) is 0 Å². The minimum absolute atomic E-state index is 0.269. The van der Waals surface area contributed by atoms with Crippen LogP contribution >= 0.6 is 0 Å². The Balaban J connectivity index is 3.86. The average molecular weight is 215 g/mol. The molecule has 0 amide bonds. The second-order valence-electron chi connectivity index (χ2n) is 4.53. The summed E-state index contributed by atoms with van der Waals surface area (Å²) in [5.41, 5.74) is 5.85. The molecule has 0 aliphatic carbocycles. The molecular weight excluding hydrogens is 186 g/mol. The molecule has 3 heteroatoms. The molecule has 92 valence electrons. The van der Waals surface area contributed by atoms with Crippen LogP contribution in [0.4, 0.5) is 0 Å². The maximum atomic E-state index is 5.85. The van der Waals surface area contributed by atoms with Gasteiger partial charge in [0.2, 0.25) is 0 Å². The highest BCUT2D eigenvalue weighted by atomic mass is 15.2. The molecule has 15 heavy (non-hydrogen) atoms. The summed E-state index contributed by atoms with van der Waals surface area (Å²) in [7, 11) is 0. The van der Waals surface area contributed by atoms with Crippen LogP contribution in [-0.4, -0.2) is 43.2 Å². The first-order chi connectivity index (χ1) is 7.11. The van der Waals surface area contributed by atoms with Crippen molar-refractivity contribution in [3.05, 3.63) is 0 Å². The number of nitrogens with two attached hydrogens (primary N) is 1. The van der Waals surface area contributed by atoms with Crippen molar-refractivity contribution in [1.82, 2.24) is 10.2 Å². The minimum atomic E-state index is 0.269. The highest BCUT2D eigenvalue weighted by molar-refractivity contribution is 4.72. The molecule has 2 unspecified atom stereocenters. The van der Waals surface area contributed by atoms with Crippen LogP contribution in [0.5, 0.6) is 0 Å². The molecule has 3 N–H and O–H groups in total. The summed E-state index contributed by atoms with van der Waals surface area (Å²) in [4.78, 5) is 2.48. The fourth-order valence-corrected chi connectivity index (χ4v) is 1.77. The lowest BCUT2D eigenvalue weighted by atomic mass is 10.2. The topological polar surface area (TPSA) is 41.3 Å². The number of nitrogens with one attached hydrogen (secondary N) is 1. The molecule has 0 saturated carbocycles. The summed E-state index contributed by atoms with van der Waals surface area (Å²) < 4.78 is 0. The van der Waals surface area contributed by atoms with E-state index in [1.165, 1.54) is 12.8 Å². The normalized spacial score (nSPS) is 15.6. The zero-order chi connectivity index (χ0) is 11.7. The smallest absolute Gasteiger partial charge is 0.0193 e. The second-order valence-corrected chi connectivity index (χ2v) is 4.53. The van der Waals surface area contributed by atoms with Gasteiger partial charge >= 0.3 is 0 Å². The van der Waals surface area contributed by atoms with Crippen LogP contribution in [-0.2, 0) is 0 Å². The van der Waals surface area contributed by atoms with Crippen LogP contribution in [0.25, 0.3) is 0 Å². The molecule has 0 aromatic carbocycles. The molecule has 0 spiro atoms. The Morgan fingerprint density at radius 1 is 1.20 bits per heavy atom. The Morgan fingerprint density at radius 3 is 2.33 bits per heavy atom. The third kappa shape index (κ3) is 7.77. The van der Waals surface area contributed by atoms with E-state index in [0.29, 0.717) is 6.04 Å². The maximum absolute atomic E-state index is 5.85. The predicted octanol–water partition coefficient (Wildman–Crippen LogP) is 1.43. The van der Waals surface area contributed by atoms with Crippen molar-refractivity contribution in [1.29, 1.82) is 0 Å². The summed E-state index contributed by atoms with van der Waals surface area (Å²) in [6.07, 6.45) is 2.40. The lowest BCUT2D eigenvalue weighted by molar-refractivity contribution is 0.196. The number of nitrogens with zero attached hydrogens (tertiary/aromatic N) is 1. The number of hydrogen-bond acceptors (Lipinski definition) is 3. The molecule has 0 saturated heterocycles. The summed E-state index contributed by atoms with van der Waals surface area (Å²) in [5, 5.41) is 3.46. The Bertz CT molecular complexity index is 137. The summed E-state index contributed by atoms with van der Waals surface area (Å²) in [5.74, 6) is 0. The zero-order valence-corrected chi connectivity index (χ0v) is 10.9.